The summed E-state index contributed by atoms with van der Waals surface area (Å²) >= 11 is 0. The summed E-state index contributed by atoms with van der Waals surface area (Å²) in [6, 6.07) is 3.77. The fourth-order valence-corrected chi connectivity index (χ4v) is 2.88. The molecule has 0 radical (unpaired) electrons. The minimum Gasteiger partial charge on any atom is -0.376 e. The van der Waals surface area contributed by atoms with Gasteiger partial charge in [-0.1, -0.05) is 0 Å². The van der Waals surface area contributed by atoms with Gasteiger partial charge in [0.25, 0.3) is 0 Å². The first-order valence-corrected chi connectivity index (χ1v) is 7.46. The number of aryl methyl sites for hydroxylation is 1. The van der Waals surface area contributed by atoms with E-state index >= 15 is 0 Å². The summed E-state index contributed by atoms with van der Waals surface area (Å²) < 4.78 is 29.7. The zero-order valence-electron chi connectivity index (χ0n) is 12.8. The molecule has 0 saturated carbocycles. The van der Waals surface area contributed by atoms with Crippen LogP contribution in [0.1, 0.15) is 18.4 Å². The number of rotatable bonds is 3. The molecule has 1 N–H and O–H groups in total. The molecule has 3 rings (SSSR count). The van der Waals surface area contributed by atoms with Crippen LogP contribution in [0.15, 0.2) is 24.5 Å². The van der Waals surface area contributed by atoms with Crippen molar-refractivity contribution in [1.29, 1.82) is 5.26 Å². The van der Waals surface area contributed by atoms with Gasteiger partial charge >= 0.3 is 0 Å². The van der Waals surface area contributed by atoms with E-state index in [2.05, 4.69) is 15.3 Å². The van der Waals surface area contributed by atoms with Gasteiger partial charge in [-0.3, -0.25) is 4.68 Å². The number of nitrogens with zero attached hydrogens (tertiary/aromatic N) is 4. The number of nitriles is 1. The molecule has 0 bridgehead atoms. The topological polar surface area (TPSA) is 56.9 Å². The van der Waals surface area contributed by atoms with Gasteiger partial charge < -0.3 is 10.2 Å². The maximum Gasteiger partial charge on any atom is 0.150 e. The second kappa shape index (κ2) is 6.24. The number of aromatic nitrogens is 2. The van der Waals surface area contributed by atoms with Gasteiger partial charge in [-0.2, -0.15) is 10.4 Å². The van der Waals surface area contributed by atoms with Gasteiger partial charge in [0, 0.05) is 32.4 Å². The van der Waals surface area contributed by atoms with Crippen molar-refractivity contribution in [3.63, 3.8) is 0 Å². The molecular weight excluding hydrogens is 300 g/mol. The van der Waals surface area contributed by atoms with Crippen molar-refractivity contribution in [3.05, 3.63) is 41.7 Å². The Bertz CT molecular complexity index is 726. The van der Waals surface area contributed by atoms with Gasteiger partial charge in [0.15, 0.2) is 11.6 Å². The molecule has 7 heteroatoms. The highest BCUT2D eigenvalue weighted by molar-refractivity contribution is 5.52. The van der Waals surface area contributed by atoms with Crippen molar-refractivity contribution in [3.8, 4) is 6.07 Å². The fraction of sp³-hybridized carbons (Fsp3) is 0.375. The molecule has 2 heterocycles. The van der Waals surface area contributed by atoms with Crippen LogP contribution in [0.2, 0.25) is 0 Å². The highest BCUT2D eigenvalue weighted by Crippen LogP contribution is 2.25. The van der Waals surface area contributed by atoms with E-state index in [0.717, 1.165) is 37.2 Å². The first kappa shape index (κ1) is 15.3. The molecule has 23 heavy (non-hydrogen) atoms. The second-order valence-electron chi connectivity index (χ2n) is 5.73. The third kappa shape index (κ3) is 3.26. The van der Waals surface area contributed by atoms with Crippen LogP contribution in [0, 0.1) is 23.0 Å². The summed E-state index contributed by atoms with van der Waals surface area (Å²) in [6.07, 6.45) is 5.46. The fourth-order valence-electron chi connectivity index (χ4n) is 2.88. The lowest BCUT2D eigenvalue weighted by Crippen LogP contribution is -2.42. The van der Waals surface area contributed by atoms with Crippen molar-refractivity contribution in [2.75, 3.05) is 23.3 Å². The summed E-state index contributed by atoms with van der Waals surface area (Å²) in [5.74, 6) is -1.47. The summed E-state index contributed by atoms with van der Waals surface area (Å²) in [4.78, 5) is 2.15. The van der Waals surface area contributed by atoms with Gasteiger partial charge in [-0.15, -0.1) is 0 Å². The first-order chi connectivity index (χ1) is 11.1. The van der Waals surface area contributed by atoms with Crippen LogP contribution in [0.5, 0.6) is 0 Å². The molecule has 1 aromatic carbocycles. The van der Waals surface area contributed by atoms with Crippen LogP contribution in [0.3, 0.4) is 0 Å². The predicted octanol–water partition coefficient (Wildman–Crippen LogP) is 2.65. The Labute approximate surface area is 133 Å². The molecule has 1 aromatic heterocycles. The van der Waals surface area contributed by atoms with E-state index in [1.54, 1.807) is 16.9 Å². The average Bonchev–Trinajstić information content (AvgIpc) is 2.97. The van der Waals surface area contributed by atoms with Crippen molar-refractivity contribution >= 4 is 11.4 Å². The Morgan fingerprint density at radius 3 is 2.70 bits per heavy atom. The van der Waals surface area contributed by atoms with E-state index < -0.39 is 11.6 Å². The number of nitrogens with one attached hydrogen (secondary N) is 1. The Hall–Kier alpha value is -2.62. The smallest absolute Gasteiger partial charge is 0.150 e. The lowest BCUT2D eigenvalue weighted by Gasteiger charge is -2.34. The third-order valence-electron chi connectivity index (χ3n) is 4.00. The molecule has 1 aliphatic rings. The molecule has 2 aromatic rings. The van der Waals surface area contributed by atoms with Crippen LogP contribution in [0.4, 0.5) is 20.2 Å². The molecule has 1 fully saturated rings. The zero-order chi connectivity index (χ0) is 16.4. The van der Waals surface area contributed by atoms with E-state index in [0.29, 0.717) is 6.54 Å². The molecule has 0 aliphatic carbocycles. The van der Waals surface area contributed by atoms with Crippen LogP contribution in [-0.2, 0) is 7.05 Å². The molecule has 1 aliphatic heterocycles. The van der Waals surface area contributed by atoms with Crippen molar-refractivity contribution in [1.82, 2.24) is 9.78 Å². The van der Waals surface area contributed by atoms with Crippen molar-refractivity contribution in [2.24, 2.45) is 7.05 Å². The van der Waals surface area contributed by atoms with Crippen molar-refractivity contribution in [2.45, 2.75) is 18.9 Å². The number of hydrogen-bond acceptors (Lipinski definition) is 4. The molecule has 5 nitrogen and oxygen atoms in total. The lowest BCUT2D eigenvalue weighted by molar-refractivity contribution is 0.518. The SMILES string of the molecule is Cn1cc(N2CCCC(Nc3c(F)cc(C#N)cc3F)C2)cn1. The van der Waals surface area contributed by atoms with Gasteiger partial charge in [-0.05, 0) is 25.0 Å². The largest absolute Gasteiger partial charge is 0.376 e. The Morgan fingerprint density at radius 2 is 2.09 bits per heavy atom. The minimum atomic E-state index is -0.736. The Morgan fingerprint density at radius 1 is 1.35 bits per heavy atom. The van der Waals surface area contributed by atoms with Crippen LogP contribution >= 0.6 is 0 Å². The molecular formula is C16H17F2N5. The number of benzene rings is 1. The van der Waals surface area contributed by atoms with E-state index in [-0.39, 0.29) is 17.3 Å². The highest BCUT2D eigenvalue weighted by atomic mass is 19.1. The molecule has 1 saturated heterocycles. The van der Waals surface area contributed by atoms with Gasteiger partial charge in [-0.25, -0.2) is 8.78 Å². The average molecular weight is 317 g/mol. The number of piperidine rings is 1. The number of anilines is 2. The summed E-state index contributed by atoms with van der Waals surface area (Å²) in [5.41, 5.74) is 0.813. The molecule has 0 amide bonds. The second-order valence-corrected chi connectivity index (χ2v) is 5.73. The Kier molecular flexibility index (Phi) is 4.15. The Balaban J connectivity index is 1.74. The maximum atomic E-state index is 14.0. The zero-order valence-corrected chi connectivity index (χ0v) is 12.8. The summed E-state index contributed by atoms with van der Waals surface area (Å²) in [7, 11) is 1.85. The molecule has 0 spiro atoms. The first-order valence-electron chi connectivity index (χ1n) is 7.46. The normalized spacial score (nSPS) is 17.8. The number of hydrogen-bond donors (Lipinski definition) is 1. The lowest BCUT2D eigenvalue weighted by atomic mass is 10.0. The summed E-state index contributed by atoms with van der Waals surface area (Å²) in [5, 5.41) is 15.8. The monoisotopic (exact) mass is 317 g/mol. The minimum absolute atomic E-state index is 0.0221. The van der Waals surface area contributed by atoms with Gasteiger partial charge in [0.1, 0.15) is 5.69 Å². The molecule has 1 atom stereocenters. The number of halogens is 2. The van der Waals surface area contributed by atoms with Crippen LogP contribution in [-0.4, -0.2) is 28.9 Å². The van der Waals surface area contributed by atoms with E-state index in [9.17, 15) is 8.78 Å². The quantitative estimate of drug-likeness (QED) is 0.945. The maximum absolute atomic E-state index is 14.0. The molecule has 120 valence electrons. The van der Waals surface area contributed by atoms with E-state index in [1.165, 1.54) is 0 Å². The van der Waals surface area contributed by atoms with Crippen LogP contribution < -0.4 is 10.2 Å². The predicted molar refractivity (Wildman–Crippen MR) is 83.1 cm³/mol. The van der Waals surface area contributed by atoms with E-state index in [1.807, 2.05) is 13.2 Å². The van der Waals surface area contributed by atoms with Crippen molar-refractivity contribution < 1.29 is 8.78 Å². The molecule has 1 unspecified atom stereocenters. The summed E-state index contributed by atoms with van der Waals surface area (Å²) in [6.45, 7) is 1.53. The third-order valence-corrected chi connectivity index (χ3v) is 4.00. The highest BCUT2D eigenvalue weighted by Gasteiger charge is 2.23. The van der Waals surface area contributed by atoms with Gasteiger partial charge in [0.05, 0.1) is 23.5 Å². The van der Waals surface area contributed by atoms with E-state index in [4.69, 9.17) is 5.26 Å². The van der Waals surface area contributed by atoms with Crippen LogP contribution in [0.25, 0.3) is 0 Å². The standard InChI is InChI=1S/C16H17F2N5/c1-22-10-13(8-20-22)23-4-2-3-12(9-23)21-16-14(17)5-11(7-19)6-15(16)18/h5-6,8,10,12,21H,2-4,9H2,1H3. The van der Waals surface area contributed by atoms with Gasteiger partial charge in [0.2, 0.25) is 0 Å².